The fourth-order valence-corrected chi connectivity index (χ4v) is 2.89. The van der Waals surface area contributed by atoms with Crippen LogP contribution in [0, 0.1) is 0 Å². The molecule has 0 unspecified atom stereocenters. The van der Waals surface area contributed by atoms with Crippen LogP contribution in [-0.4, -0.2) is 39.2 Å². The third-order valence-corrected chi connectivity index (χ3v) is 4.42. The molecule has 6 heteroatoms. The fraction of sp³-hybridized carbons (Fsp3) is 0.364. The molecule has 6 nitrogen and oxygen atoms in total. The molecule has 0 aromatic heterocycles. The molecule has 0 fully saturated rings. The van der Waals surface area contributed by atoms with E-state index in [4.69, 9.17) is 14.2 Å². The van der Waals surface area contributed by atoms with E-state index < -0.39 is 0 Å². The Bertz CT molecular complexity index is 776. The van der Waals surface area contributed by atoms with Gasteiger partial charge in [0, 0.05) is 6.54 Å². The lowest BCUT2D eigenvalue weighted by Crippen LogP contribution is -2.31. The number of hydrogen-bond donors (Lipinski definition) is 1. The Hall–Kier alpha value is -3.02. The summed E-state index contributed by atoms with van der Waals surface area (Å²) < 4.78 is 15.7. The van der Waals surface area contributed by atoms with Crippen molar-refractivity contribution < 1.29 is 23.8 Å². The molecule has 0 aliphatic rings. The number of esters is 1. The van der Waals surface area contributed by atoms with Gasteiger partial charge in [-0.3, -0.25) is 9.59 Å². The topological polar surface area (TPSA) is 73.9 Å². The highest BCUT2D eigenvalue weighted by atomic mass is 16.5. The first-order valence-electron chi connectivity index (χ1n) is 9.28. The highest BCUT2D eigenvalue weighted by molar-refractivity contribution is 5.83. The average Bonchev–Trinajstić information content (AvgIpc) is 2.73. The summed E-state index contributed by atoms with van der Waals surface area (Å²) >= 11 is 0. The van der Waals surface area contributed by atoms with Gasteiger partial charge in [-0.2, -0.15) is 0 Å². The van der Waals surface area contributed by atoms with Gasteiger partial charge >= 0.3 is 5.97 Å². The molecule has 1 amide bonds. The molecule has 0 aliphatic heterocycles. The standard InChI is InChI=1S/C22H27NO5/c1-4-18(17-8-6-5-7-9-17)22(25)28-15-21(24)23-13-12-16-10-11-19(26-2)20(14-16)27-3/h5-11,14,18H,4,12-13,15H2,1-3H3,(H,23,24)/t18-/m1/s1. The van der Waals surface area contributed by atoms with Gasteiger partial charge in [-0.05, 0) is 36.1 Å². The van der Waals surface area contributed by atoms with E-state index in [2.05, 4.69) is 5.32 Å². The Morgan fingerprint density at radius 3 is 2.36 bits per heavy atom. The number of carbonyl (C=O) groups excluding carboxylic acids is 2. The van der Waals surface area contributed by atoms with Crippen molar-refractivity contribution in [2.45, 2.75) is 25.7 Å². The monoisotopic (exact) mass is 385 g/mol. The minimum Gasteiger partial charge on any atom is -0.493 e. The van der Waals surface area contributed by atoms with Crippen LogP contribution in [0.3, 0.4) is 0 Å². The van der Waals surface area contributed by atoms with E-state index in [0.717, 1.165) is 11.1 Å². The van der Waals surface area contributed by atoms with Crippen LogP contribution < -0.4 is 14.8 Å². The number of carbonyl (C=O) groups is 2. The largest absolute Gasteiger partial charge is 0.493 e. The third-order valence-electron chi connectivity index (χ3n) is 4.42. The minimum absolute atomic E-state index is 0.284. The van der Waals surface area contributed by atoms with Gasteiger partial charge in [0.25, 0.3) is 5.91 Å². The summed E-state index contributed by atoms with van der Waals surface area (Å²) in [5.41, 5.74) is 1.90. The van der Waals surface area contributed by atoms with E-state index in [1.807, 2.05) is 55.5 Å². The van der Waals surface area contributed by atoms with Crippen LogP contribution >= 0.6 is 0 Å². The molecule has 28 heavy (non-hydrogen) atoms. The number of amides is 1. The van der Waals surface area contributed by atoms with E-state index in [1.54, 1.807) is 14.2 Å². The van der Waals surface area contributed by atoms with Crippen molar-refractivity contribution in [2.24, 2.45) is 0 Å². The summed E-state index contributed by atoms with van der Waals surface area (Å²) in [5, 5.41) is 2.76. The third kappa shape index (κ3) is 6.01. The maximum Gasteiger partial charge on any atom is 0.313 e. The predicted molar refractivity (Wildman–Crippen MR) is 107 cm³/mol. The van der Waals surface area contributed by atoms with E-state index in [1.165, 1.54) is 0 Å². The summed E-state index contributed by atoms with van der Waals surface area (Å²) in [6, 6.07) is 15.0. The molecule has 2 rings (SSSR count). The first-order chi connectivity index (χ1) is 13.6. The van der Waals surface area contributed by atoms with Crippen LogP contribution in [0.1, 0.15) is 30.4 Å². The van der Waals surface area contributed by atoms with E-state index >= 15 is 0 Å². The number of hydrogen-bond acceptors (Lipinski definition) is 5. The van der Waals surface area contributed by atoms with Crippen LogP contribution in [-0.2, 0) is 20.7 Å². The zero-order valence-corrected chi connectivity index (χ0v) is 16.6. The molecular formula is C22H27NO5. The SMILES string of the molecule is CC[C@@H](C(=O)OCC(=O)NCCc1ccc(OC)c(OC)c1)c1ccccc1. The number of rotatable bonds is 10. The first kappa shape index (κ1) is 21.3. The molecule has 0 saturated carbocycles. The molecule has 0 spiro atoms. The van der Waals surface area contributed by atoms with Crippen LogP contribution in [0.5, 0.6) is 11.5 Å². The van der Waals surface area contributed by atoms with Crippen molar-refractivity contribution in [3.8, 4) is 11.5 Å². The Labute approximate surface area is 165 Å². The van der Waals surface area contributed by atoms with Gasteiger partial charge in [0.05, 0.1) is 20.1 Å². The maximum atomic E-state index is 12.3. The molecule has 1 atom stereocenters. The summed E-state index contributed by atoms with van der Waals surface area (Å²) in [6.07, 6.45) is 1.24. The molecule has 2 aromatic rings. The van der Waals surface area contributed by atoms with Gasteiger partial charge in [-0.1, -0.05) is 43.3 Å². The van der Waals surface area contributed by atoms with Gasteiger partial charge in [-0.15, -0.1) is 0 Å². The van der Waals surface area contributed by atoms with Crippen LogP contribution in [0.15, 0.2) is 48.5 Å². The molecule has 0 saturated heterocycles. The minimum atomic E-state index is -0.385. The summed E-state index contributed by atoms with van der Waals surface area (Å²) in [4.78, 5) is 24.3. The Morgan fingerprint density at radius 1 is 1.00 bits per heavy atom. The smallest absolute Gasteiger partial charge is 0.313 e. The Kier molecular flexibility index (Phi) is 8.34. The predicted octanol–water partition coefficient (Wildman–Crippen LogP) is 3.10. The second kappa shape index (κ2) is 11.0. The average molecular weight is 385 g/mol. The summed E-state index contributed by atoms with van der Waals surface area (Å²) in [7, 11) is 3.16. The van der Waals surface area contributed by atoms with E-state index in [9.17, 15) is 9.59 Å². The molecule has 0 radical (unpaired) electrons. The van der Waals surface area contributed by atoms with Gasteiger partial charge in [0.2, 0.25) is 0 Å². The van der Waals surface area contributed by atoms with Crippen molar-refractivity contribution in [1.29, 1.82) is 0 Å². The number of ether oxygens (including phenoxy) is 3. The summed E-state index contributed by atoms with van der Waals surface area (Å²) in [5.74, 6) is 0.235. The van der Waals surface area contributed by atoms with E-state index in [0.29, 0.717) is 30.9 Å². The van der Waals surface area contributed by atoms with Crippen LogP contribution in [0.4, 0.5) is 0 Å². The molecule has 0 aliphatic carbocycles. The zero-order valence-electron chi connectivity index (χ0n) is 16.6. The Morgan fingerprint density at radius 2 is 1.71 bits per heavy atom. The molecular weight excluding hydrogens is 358 g/mol. The summed E-state index contributed by atoms with van der Waals surface area (Å²) in [6.45, 7) is 2.07. The molecule has 150 valence electrons. The number of benzene rings is 2. The van der Waals surface area contributed by atoms with E-state index in [-0.39, 0.29) is 24.4 Å². The lowest BCUT2D eigenvalue weighted by molar-refractivity contribution is -0.150. The highest BCUT2D eigenvalue weighted by Crippen LogP contribution is 2.27. The molecule has 0 bridgehead atoms. The van der Waals surface area contributed by atoms with Crippen LogP contribution in [0.25, 0.3) is 0 Å². The van der Waals surface area contributed by atoms with Crippen molar-refractivity contribution in [3.05, 3.63) is 59.7 Å². The lowest BCUT2D eigenvalue weighted by Gasteiger charge is -2.14. The number of methoxy groups -OCH3 is 2. The number of nitrogens with one attached hydrogen (secondary N) is 1. The zero-order chi connectivity index (χ0) is 20.4. The maximum absolute atomic E-state index is 12.3. The fourth-order valence-electron chi connectivity index (χ4n) is 2.89. The second-order valence-electron chi connectivity index (χ2n) is 6.27. The van der Waals surface area contributed by atoms with Crippen molar-refractivity contribution >= 4 is 11.9 Å². The molecule has 1 N–H and O–H groups in total. The van der Waals surface area contributed by atoms with Crippen molar-refractivity contribution in [1.82, 2.24) is 5.32 Å². The van der Waals surface area contributed by atoms with Crippen LogP contribution in [0.2, 0.25) is 0 Å². The Balaban J connectivity index is 1.77. The van der Waals surface area contributed by atoms with Crippen molar-refractivity contribution in [2.75, 3.05) is 27.4 Å². The second-order valence-corrected chi connectivity index (χ2v) is 6.27. The highest BCUT2D eigenvalue weighted by Gasteiger charge is 2.20. The quantitative estimate of drug-likeness (QED) is 0.636. The first-order valence-corrected chi connectivity index (χ1v) is 9.28. The van der Waals surface area contributed by atoms with Crippen molar-refractivity contribution in [3.63, 3.8) is 0 Å². The van der Waals surface area contributed by atoms with Gasteiger partial charge in [0.15, 0.2) is 18.1 Å². The molecule has 2 aromatic carbocycles. The van der Waals surface area contributed by atoms with Gasteiger partial charge in [-0.25, -0.2) is 0 Å². The van der Waals surface area contributed by atoms with Gasteiger partial charge in [0.1, 0.15) is 0 Å². The normalized spacial score (nSPS) is 11.4. The lowest BCUT2D eigenvalue weighted by atomic mass is 9.97. The molecule has 0 heterocycles. The van der Waals surface area contributed by atoms with Gasteiger partial charge < -0.3 is 19.5 Å².